The second-order valence-electron chi connectivity index (χ2n) is 8.09. The van der Waals surface area contributed by atoms with Crippen LogP contribution in [0.1, 0.15) is 38.2 Å². The van der Waals surface area contributed by atoms with Crippen LogP contribution in [0.5, 0.6) is 0 Å². The first-order valence-corrected chi connectivity index (χ1v) is 10.3. The van der Waals surface area contributed by atoms with Crippen molar-refractivity contribution in [2.75, 3.05) is 12.4 Å². The van der Waals surface area contributed by atoms with Gasteiger partial charge in [0.05, 0.1) is 5.69 Å². The van der Waals surface area contributed by atoms with Gasteiger partial charge in [-0.25, -0.2) is 4.98 Å². The van der Waals surface area contributed by atoms with Gasteiger partial charge in [-0.05, 0) is 58.0 Å². The number of carbonyl (C=O) groups excluding carboxylic acids is 1. The van der Waals surface area contributed by atoms with Crippen molar-refractivity contribution < 1.29 is 9.21 Å². The van der Waals surface area contributed by atoms with E-state index in [-0.39, 0.29) is 18.0 Å². The summed E-state index contributed by atoms with van der Waals surface area (Å²) in [6, 6.07) is 12.1. The molecule has 0 aliphatic rings. The maximum absolute atomic E-state index is 12.7. The fourth-order valence-corrected chi connectivity index (χ4v) is 3.23. The number of aromatic nitrogens is 4. The first kappa shape index (κ1) is 20.6. The van der Waals surface area contributed by atoms with Gasteiger partial charge in [0, 0.05) is 47.4 Å². The van der Waals surface area contributed by atoms with E-state index in [1.165, 1.54) is 0 Å². The molecule has 0 fully saturated rings. The predicted molar refractivity (Wildman–Crippen MR) is 121 cm³/mol. The topological polar surface area (TPSA) is 99.9 Å². The summed E-state index contributed by atoms with van der Waals surface area (Å²) >= 11 is 0. The molecule has 0 aliphatic heterocycles. The summed E-state index contributed by atoms with van der Waals surface area (Å²) in [6.07, 6.45) is 1.90. The Morgan fingerprint density at radius 3 is 2.68 bits per heavy atom. The van der Waals surface area contributed by atoms with Crippen molar-refractivity contribution in [3.05, 3.63) is 48.3 Å². The lowest BCUT2D eigenvalue weighted by atomic mass is 10.1. The number of pyridine rings is 1. The second kappa shape index (κ2) is 8.22. The molecule has 0 bridgehead atoms. The number of anilines is 1. The summed E-state index contributed by atoms with van der Waals surface area (Å²) in [5.41, 5.74) is 3.81. The Labute approximate surface area is 180 Å². The largest absolute Gasteiger partial charge is 0.403 e. The van der Waals surface area contributed by atoms with Crippen LogP contribution in [0.4, 0.5) is 6.01 Å². The van der Waals surface area contributed by atoms with E-state index in [0.717, 1.165) is 27.7 Å². The van der Waals surface area contributed by atoms with Gasteiger partial charge in [0.2, 0.25) is 5.89 Å². The fraction of sp³-hybridized carbons (Fsp3) is 0.304. The number of aromatic amines is 1. The Bertz CT molecular complexity index is 1220. The highest BCUT2D eigenvalue weighted by molar-refractivity contribution is 5.98. The Hall–Kier alpha value is -3.68. The molecule has 8 heteroatoms. The van der Waals surface area contributed by atoms with Crippen LogP contribution in [-0.2, 0) is 0 Å². The van der Waals surface area contributed by atoms with Crippen molar-refractivity contribution in [3.63, 3.8) is 0 Å². The molecule has 8 nitrogen and oxygen atoms in total. The molecule has 0 saturated heterocycles. The lowest BCUT2D eigenvalue weighted by molar-refractivity contribution is 0.0749. The maximum atomic E-state index is 12.7. The van der Waals surface area contributed by atoms with Gasteiger partial charge in [0.1, 0.15) is 5.69 Å². The van der Waals surface area contributed by atoms with Crippen LogP contribution in [0.3, 0.4) is 0 Å². The van der Waals surface area contributed by atoms with Crippen LogP contribution in [0, 0.1) is 0 Å². The van der Waals surface area contributed by atoms with Gasteiger partial charge in [0.25, 0.3) is 5.91 Å². The molecule has 4 rings (SSSR count). The number of hydrogen-bond donors (Lipinski definition) is 2. The molecule has 1 aromatic carbocycles. The number of rotatable bonds is 6. The van der Waals surface area contributed by atoms with E-state index in [0.29, 0.717) is 17.6 Å². The third-order valence-electron chi connectivity index (χ3n) is 5.10. The molecule has 0 saturated carbocycles. The third kappa shape index (κ3) is 4.14. The first-order valence-electron chi connectivity index (χ1n) is 10.3. The molecular formula is C23H26N6O2. The van der Waals surface area contributed by atoms with Crippen molar-refractivity contribution in [1.82, 2.24) is 25.1 Å². The number of carbonyl (C=O) groups is 1. The molecule has 1 amide bonds. The molecule has 0 atom stereocenters. The first-order chi connectivity index (χ1) is 14.8. The van der Waals surface area contributed by atoms with Gasteiger partial charge < -0.3 is 19.6 Å². The highest BCUT2D eigenvalue weighted by Crippen LogP contribution is 2.31. The van der Waals surface area contributed by atoms with Gasteiger partial charge in [-0.3, -0.25) is 4.79 Å². The SMILES string of the molecule is CC(C)Nc1nnc(-c2ccc3[nH]cc(-c4cccc(C(=O)N(C)C(C)C)n4)c3c2)o1. The number of nitrogens with zero attached hydrogens (tertiary/aromatic N) is 4. The smallest absolute Gasteiger partial charge is 0.315 e. The number of benzene rings is 1. The Morgan fingerprint density at radius 2 is 1.94 bits per heavy atom. The molecule has 0 aliphatic carbocycles. The van der Waals surface area contributed by atoms with Crippen molar-refractivity contribution in [3.8, 4) is 22.7 Å². The average Bonchev–Trinajstić information content (AvgIpc) is 3.38. The number of fused-ring (bicyclic) bond motifs is 1. The zero-order chi connectivity index (χ0) is 22.1. The second-order valence-corrected chi connectivity index (χ2v) is 8.09. The van der Waals surface area contributed by atoms with Gasteiger partial charge in [0.15, 0.2) is 0 Å². The summed E-state index contributed by atoms with van der Waals surface area (Å²) < 4.78 is 5.74. The molecule has 0 unspecified atom stereocenters. The minimum Gasteiger partial charge on any atom is -0.403 e. The quantitative estimate of drug-likeness (QED) is 0.475. The van der Waals surface area contributed by atoms with Gasteiger partial charge in [-0.15, -0.1) is 5.10 Å². The number of nitrogens with one attached hydrogen (secondary N) is 2. The molecule has 2 N–H and O–H groups in total. The lowest BCUT2D eigenvalue weighted by Gasteiger charge is -2.21. The zero-order valence-corrected chi connectivity index (χ0v) is 18.3. The molecule has 3 aromatic heterocycles. The van der Waals surface area contributed by atoms with Crippen molar-refractivity contribution in [1.29, 1.82) is 0 Å². The molecular weight excluding hydrogens is 392 g/mol. The molecule has 160 valence electrons. The molecule has 0 spiro atoms. The van der Waals surface area contributed by atoms with E-state index in [1.54, 1.807) is 18.0 Å². The van der Waals surface area contributed by atoms with Crippen LogP contribution in [-0.4, -0.2) is 50.1 Å². The summed E-state index contributed by atoms with van der Waals surface area (Å²) in [7, 11) is 1.78. The Kier molecular flexibility index (Phi) is 5.46. The number of amides is 1. The standard InChI is InChI=1S/C23H26N6O2/c1-13(2)25-23-28-27-21(31-23)15-9-10-18-16(11-15)17(12-24-18)19-7-6-8-20(26-19)22(30)29(5)14(3)4/h6-14,24H,1-5H3,(H,25,28). The van der Waals surface area contributed by atoms with Gasteiger partial charge in [-0.2, -0.15) is 0 Å². The normalized spacial score (nSPS) is 11.5. The molecule has 0 radical (unpaired) electrons. The van der Waals surface area contributed by atoms with Crippen molar-refractivity contribution in [2.45, 2.75) is 39.8 Å². The van der Waals surface area contributed by atoms with E-state index in [2.05, 4.69) is 25.5 Å². The fourth-order valence-electron chi connectivity index (χ4n) is 3.23. The summed E-state index contributed by atoms with van der Waals surface area (Å²) in [5.74, 6) is 0.334. The number of H-pyrrole nitrogens is 1. The minimum absolute atomic E-state index is 0.0954. The van der Waals surface area contributed by atoms with Gasteiger partial charge >= 0.3 is 6.01 Å². The van der Waals surface area contributed by atoms with Crippen LogP contribution < -0.4 is 5.32 Å². The molecule has 31 heavy (non-hydrogen) atoms. The summed E-state index contributed by atoms with van der Waals surface area (Å²) in [6.45, 7) is 7.96. The van der Waals surface area contributed by atoms with E-state index in [9.17, 15) is 4.79 Å². The highest BCUT2D eigenvalue weighted by atomic mass is 16.4. The van der Waals surface area contributed by atoms with Crippen molar-refractivity contribution in [2.24, 2.45) is 0 Å². The van der Waals surface area contributed by atoms with E-state index < -0.39 is 0 Å². The van der Waals surface area contributed by atoms with E-state index in [4.69, 9.17) is 4.42 Å². The molecule has 4 aromatic rings. The van der Waals surface area contributed by atoms with Crippen LogP contribution in [0.25, 0.3) is 33.6 Å². The summed E-state index contributed by atoms with van der Waals surface area (Å²) in [4.78, 5) is 22.3. The lowest BCUT2D eigenvalue weighted by Crippen LogP contribution is -2.33. The number of hydrogen-bond acceptors (Lipinski definition) is 6. The Balaban J connectivity index is 1.71. The predicted octanol–water partition coefficient (Wildman–Crippen LogP) is 4.58. The maximum Gasteiger partial charge on any atom is 0.315 e. The van der Waals surface area contributed by atoms with Crippen LogP contribution >= 0.6 is 0 Å². The van der Waals surface area contributed by atoms with Crippen LogP contribution in [0.15, 0.2) is 47.0 Å². The van der Waals surface area contributed by atoms with Crippen molar-refractivity contribution >= 4 is 22.8 Å². The third-order valence-corrected chi connectivity index (χ3v) is 5.10. The van der Waals surface area contributed by atoms with E-state index in [1.807, 2.05) is 64.2 Å². The Morgan fingerprint density at radius 1 is 1.13 bits per heavy atom. The van der Waals surface area contributed by atoms with Crippen LogP contribution in [0.2, 0.25) is 0 Å². The molecule has 3 heterocycles. The summed E-state index contributed by atoms with van der Waals surface area (Å²) in [5, 5.41) is 12.3. The van der Waals surface area contributed by atoms with Gasteiger partial charge in [-0.1, -0.05) is 11.2 Å². The zero-order valence-electron chi connectivity index (χ0n) is 18.3. The minimum atomic E-state index is -0.103. The van der Waals surface area contributed by atoms with E-state index >= 15 is 0 Å². The highest BCUT2D eigenvalue weighted by Gasteiger charge is 2.18. The average molecular weight is 419 g/mol. The monoisotopic (exact) mass is 418 g/mol.